The van der Waals surface area contributed by atoms with Crippen LogP contribution in [0.3, 0.4) is 0 Å². The Morgan fingerprint density at radius 3 is 3.00 bits per heavy atom. The molecular weight excluding hydrogens is 180 g/mol. The highest BCUT2D eigenvalue weighted by molar-refractivity contribution is 7.99. The van der Waals surface area contributed by atoms with Crippen molar-refractivity contribution in [2.45, 2.75) is 30.8 Å². The zero-order valence-corrected chi connectivity index (χ0v) is 8.82. The standard InChI is InChI=1S/C11H14OS/c1-8-3-4-10-9(7-8)11(2,12)5-6-13-10/h3-4,7,12H,5-6H2,1-2H3. The summed E-state index contributed by atoms with van der Waals surface area (Å²) in [5.74, 6) is 1.02. The Morgan fingerprint density at radius 1 is 1.46 bits per heavy atom. The Morgan fingerprint density at radius 2 is 2.23 bits per heavy atom. The molecule has 1 aliphatic rings. The fourth-order valence-electron chi connectivity index (χ4n) is 1.68. The van der Waals surface area contributed by atoms with E-state index in [-0.39, 0.29) is 0 Å². The topological polar surface area (TPSA) is 20.2 Å². The fraction of sp³-hybridized carbons (Fsp3) is 0.455. The van der Waals surface area contributed by atoms with Crippen LogP contribution >= 0.6 is 11.8 Å². The quantitative estimate of drug-likeness (QED) is 0.685. The van der Waals surface area contributed by atoms with Crippen LogP contribution in [0.15, 0.2) is 23.1 Å². The van der Waals surface area contributed by atoms with Crippen LogP contribution < -0.4 is 0 Å². The van der Waals surface area contributed by atoms with Gasteiger partial charge in [0.2, 0.25) is 0 Å². The molecule has 1 nitrogen and oxygen atoms in total. The molecule has 1 aliphatic heterocycles. The average Bonchev–Trinajstić information content (AvgIpc) is 2.06. The largest absolute Gasteiger partial charge is 0.385 e. The molecule has 1 aromatic carbocycles. The molecule has 1 N–H and O–H groups in total. The van der Waals surface area contributed by atoms with E-state index in [1.165, 1.54) is 10.5 Å². The van der Waals surface area contributed by atoms with Crippen molar-refractivity contribution in [1.82, 2.24) is 0 Å². The lowest BCUT2D eigenvalue weighted by Crippen LogP contribution is -2.25. The van der Waals surface area contributed by atoms with Crippen molar-refractivity contribution in [2.75, 3.05) is 5.75 Å². The van der Waals surface area contributed by atoms with E-state index in [4.69, 9.17) is 0 Å². The lowest BCUT2D eigenvalue weighted by Gasteiger charge is -2.30. The predicted octanol–water partition coefficient (Wildman–Crippen LogP) is 2.70. The molecule has 1 heterocycles. The van der Waals surface area contributed by atoms with E-state index in [0.29, 0.717) is 0 Å². The van der Waals surface area contributed by atoms with Crippen LogP contribution in [0.2, 0.25) is 0 Å². The Bertz CT molecular complexity index is 331. The molecule has 2 heteroatoms. The Balaban J connectivity index is 2.55. The van der Waals surface area contributed by atoms with Crippen LogP contribution in [0, 0.1) is 6.92 Å². The second-order valence-electron chi connectivity index (χ2n) is 3.87. The van der Waals surface area contributed by atoms with Crippen molar-refractivity contribution in [3.05, 3.63) is 29.3 Å². The molecule has 1 aromatic rings. The first-order valence-electron chi connectivity index (χ1n) is 4.56. The van der Waals surface area contributed by atoms with Crippen molar-refractivity contribution in [2.24, 2.45) is 0 Å². The third-order valence-electron chi connectivity index (χ3n) is 2.56. The zero-order chi connectivity index (χ0) is 9.47. The lowest BCUT2D eigenvalue weighted by molar-refractivity contribution is 0.0497. The average molecular weight is 194 g/mol. The van der Waals surface area contributed by atoms with Gasteiger partial charge in [0, 0.05) is 10.6 Å². The van der Waals surface area contributed by atoms with Gasteiger partial charge in [-0.3, -0.25) is 0 Å². The molecular formula is C11H14OS. The van der Waals surface area contributed by atoms with Gasteiger partial charge in [0.1, 0.15) is 0 Å². The molecule has 0 amide bonds. The summed E-state index contributed by atoms with van der Waals surface area (Å²) in [5.41, 5.74) is 1.71. The maximum Gasteiger partial charge on any atom is 0.0887 e. The number of hydrogen-bond acceptors (Lipinski definition) is 2. The maximum atomic E-state index is 10.1. The number of aryl methyl sites for hydroxylation is 1. The molecule has 0 bridgehead atoms. The van der Waals surface area contributed by atoms with Gasteiger partial charge < -0.3 is 5.11 Å². The summed E-state index contributed by atoms with van der Waals surface area (Å²) < 4.78 is 0. The van der Waals surface area contributed by atoms with E-state index >= 15 is 0 Å². The van der Waals surface area contributed by atoms with Gasteiger partial charge in [-0.15, -0.1) is 11.8 Å². The Hall–Kier alpha value is -0.470. The maximum absolute atomic E-state index is 10.1. The van der Waals surface area contributed by atoms with Crippen LogP contribution in [-0.4, -0.2) is 10.9 Å². The summed E-state index contributed by atoms with van der Waals surface area (Å²) >= 11 is 1.84. The third kappa shape index (κ3) is 1.61. The smallest absolute Gasteiger partial charge is 0.0887 e. The van der Waals surface area contributed by atoms with E-state index in [0.717, 1.165) is 17.7 Å². The monoisotopic (exact) mass is 194 g/mol. The SMILES string of the molecule is Cc1ccc2c(c1)C(C)(O)CCS2. The molecule has 2 rings (SSSR count). The van der Waals surface area contributed by atoms with Gasteiger partial charge in [0.25, 0.3) is 0 Å². The summed E-state index contributed by atoms with van der Waals surface area (Å²) in [6.45, 7) is 3.97. The van der Waals surface area contributed by atoms with Gasteiger partial charge in [-0.25, -0.2) is 0 Å². The third-order valence-corrected chi connectivity index (χ3v) is 3.64. The number of aliphatic hydroxyl groups is 1. The minimum atomic E-state index is -0.618. The highest BCUT2D eigenvalue weighted by atomic mass is 32.2. The summed E-state index contributed by atoms with van der Waals surface area (Å²) in [6, 6.07) is 6.32. The molecule has 1 atom stereocenters. The second kappa shape index (κ2) is 3.03. The second-order valence-corrected chi connectivity index (χ2v) is 5.01. The lowest BCUT2D eigenvalue weighted by atomic mass is 9.92. The molecule has 0 spiro atoms. The molecule has 0 saturated carbocycles. The van der Waals surface area contributed by atoms with Crippen LogP contribution in [0.1, 0.15) is 24.5 Å². The number of fused-ring (bicyclic) bond motifs is 1. The van der Waals surface area contributed by atoms with Gasteiger partial charge in [-0.05, 0) is 31.9 Å². The van der Waals surface area contributed by atoms with Crippen molar-refractivity contribution in [3.63, 3.8) is 0 Å². The predicted molar refractivity (Wildman–Crippen MR) is 56.1 cm³/mol. The molecule has 70 valence electrons. The van der Waals surface area contributed by atoms with Gasteiger partial charge in [0.05, 0.1) is 5.60 Å². The summed E-state index contributed by atoms with van der Waals surface area (Å²) in [4.78, 5) is 1.24. The summed E-state index contributed by atoms with van der Waals surface area (Å²) in [5, 5.41) is 10.1. The number of rotatable bonds is 0. The van der Waals surface area contributed by atoms with Gasteiger partial charge in [-0.1, -0.05) is 17.7 Å². The van der Waals surface area contributed by atoms with Crippen LogP contribution in [0.4, 0.5) is 0 Å². The van der Waals surface area contributed by atoms with Crippen LogP contribution in [0.25, 0.3) is 0 Å². The first-order valence-corrected chi connectivity index (χ1v) is 5.54. The molecule has 0 aromatic heterocycles. The van der Waals surface area contributed by atoms with E-state index in [2.05, 4.69) is 25.1 Å². The summed E-state index contributed by atoms with van der Waals surface area (Å²) in [7, 11) is 0. The fourth-order valence-corrected chi connectivity index (χ4v) is 3.00. The van der Waals surface area contributed by atoms with Crippen LogP contribution in [-0.2, 0) is 5.60 Å². The highest BCUT2D eigenvalue weighted by Crippen LogP contribution is 2.40. The van der Waals surface area contributed by atoms with E-state index in [9.17, 15) is 5.11 Å². The highest BCUT2D eigenvalue weighted by Gasteiger charge is 2.29. The first-order chi connectivity index (χ1) is 6.09. The minimum Gasteiger partial charge on any atom is -0.385 e. The zero-order valence-electron chi connectivity index (χ0n) is 8.00. The molecule has 0 aliphatic carbocycles. The number of thioether (sulfide) groups is 1. The summed E-state index contributed by atoms with van der Waals surface area (Å²) in [6.07, 6.45) is 0.855. The molecule has 1 unspecified atom stereocenters. The number of benzene rings is 1. The van der Waals surface area contributed by atoms with Gasteiger partial charge in [-0.2, -0.15) is 0 Å². The van der Waals surface area contributed by atoms with Crippen molar-refractivity contribution in [3.8, 4) is 0 Å². The van der Waals surface area contributed by atoms with E-state index < -0.39 is 5.60 Å². The minimum absolute atomic E-state index is 0.618. The van der Waals surface area contributed by atoms with E-state index in [1.54, 1.807) is 0 Å². The normalized spacial score (nSPS) is 27.0. The molecule has 13 heavy (non-hydrogen) atoms. The first kappa shape index (κ1) is 9.10. The Kier molecular flexibility index (Phi) is 2.12. The van der Waals surface area contributed by atoms with E-state index in [1.807, 2.05) is 18.7 Å². The molecule has 0 saturated heterocycles. The van der Waals surface area contributed by atoms with Crippen LogP contribution in [0.5, 0.6) is 0 Å². The van der Waals surface area contributed by atoms with Crippen molar-refractivity contribution < 1.29 is 5.11 Å². The van der Waals surface area contributed by atoms with Gasteiger partial charge in [0.15, 0.2) is 0 Å². The van der Waals surface area contributed by atoms with Crippen molar-refractivity contribution >= 4 is 11.8 Å². The van der Waals surface area contributed by atoms with Gasteiger partial charge >= 0.3 is 0 Å². The number of hydrogen-bond donors (Lipinski definition) is 1. The van der Waals surface area contributed by atoms with Crippen molar-refractivity contribution in [1.29, 1.82) is 0 Å². The Labute approximate surface area is 83.2 Å². The molecule has 0 fully saturated rings. The molecule has 0 radical (unpaired) electrons.